The largest absolute Gasteiger partial charge is 0.389 e. The van der Waals surface area contributed by atoms with Crippen LogP contribution in [0, 0.1) is 0 Å². The molecule has 3 rings (SSSR count). The third-order valence-electron chi connectivity index (χ3n) is 2.82. The van der Waals surface area contributed by atoms with Gasteiger partial charge in [-0.05, 0) is 12.1 Å². The van der Waals surface area contributed by atoms with Gasteiger partial charge in [0.1, 0.15) is 0 Å². The Morgan fingerprint density at radius 1 is 1.50 bits per heavy atom. The zero-order valence-corrected chi connectivity index (χ0v) is 9.48. The summed E-state index contributed by atoms with van der Waals surface area (Å²) in [5.74, 6) is 0.284. The van der Waals surface area contributed by atoms with Crippen LogP contribution < -0.4 is 0 Å². The van der Waals surface area contributed by atoms with Crippen LogP contribution in [0.15, 0.2) is 35.1 Å². The molecule has 1 N–H and O–H groups in total. The number of β-amino-alcohol motifs (C(OH)–C–C–N with tert-alkyl or cyclic N) is 1. The quantitative estimate of drug-likeness (QED) is 0.836. The normalized spacial score (nSPS) is 15.5. The summed E-state index contributed by atoms with van der Waals surface area (Å²) in [6.07, 6.45) is 2.88. The van der Waals surface area contributed by atoms with E-state index in [0.29, 0.717) is 18.8 Å². The van der Waals surface area contributed by atoms with E-state index in [4.69, 9.17) is 9.63 Å². The van der Waals surface area contributed by atoms with E-state index in [9.17, 15) is 4.79 Å². The van der Waals surface area contributed by atoms with Crippen molar-refractivity contribution in [3.05, 3.63) is 36.3 Å². The highest BCUT2D eigenvalue weighted by atomic mass is 16.5. The van der Waals surface area contributed by atoms with Crippen LogP contribution in [0.4, 0.5) is 0 Å². The number of aliphatic hydroxyl groups is 1. The van der Waals surface area contributed by atoms with Gasteiger partial charge in [-0.15, -0.1) is 0 Å². The van der Waals surface area contributed by atoms with Crippen LogP contribution >= 0.6 is 0 Å². The average molecular weight is 245 g/mol. The molecule has 6 nitrogen and oxygen atoms in total. The number of aromatic nitrogens is 2. The summed E-state index contributed by atoms with van der Waals surface area (Å²) in [4.78, 5) is 17.4. The first-order valence-electron chi connectivity index (χ1n) is 5.58. The lowest BCUT2D eigenvalue weighted by Gasteiger charge is -2.35. The lowest BCUT2D eigenvalue weighted by molar-refractivity contribution is 0.00525. The first-order chi connectivity index (χ1) is 8.74. The summed E-state index contributed by atoms with van der Waals surface area (Å²) in [5.41, 5.74) is 1.02. The fraction of sp³-hybridized carbons (Fsp3) is 0.250. The number of carbonyl (C=O) groups excluding carboxylic acids is 1. The van der Waals surface area contributed by atoms with Gasteiger partial charge in [-0.25, -0.2) is 0 Å². The molecule has 92 valence electrons. The zero-order valence-electron chi connectivity index (χ0n) is 9.48. The molecule has 0 aliphatic carbocycles. The van der Waals surface area contributed by atoms with Gasteiger partial charge in [-0.1, -0.05) is 5.16 Å². The molecule has 1 aliphatic rings. The van der Waals surface area contributed by atoms with Crippen molar-refractivity contribution in [1.82, 2.24) is 15.0 Å². The van der Waals surface area contributed by atoms with E-state index >= 15 is 0 Å². The predicted octanol–water partition coefficient (Wildman–Crippen LogP) is 0.553. The lowest BCUT2D eigenvalue weighted by atomic mass is 10.1. The van der Waals surface area contributed by atoms with Crippen LogP contribution in [0.25, 0.3) is 11.3 Å². The third-order valence-corrected chi connectivity index (χ3v) is 2.82. The van der Waals surface area contributed by atoms with E-state index in [0.717, 1.165) is 5.56 Å². The molecule has 2 aromatic rings. The van der Waals surface area contributed by atoms with Gasteiger partial charge in [0, 0.05) is 37.1 Å². The van der Waals surface area contributed by atoms with Crippen LogP contribution in [0.2, 0.25) is 0 Å². The van der Waals surface area contributed by atoms with Crippen molar-refractivity contribution in [2.24, 2.45) is 0 Å². The molecule has 1 fully saturated rings. The monoisotopic (exact) mass is 245 g/mol. The first kappa shape index (κ1) is 10.9. The van der Waals surface area contributed by atoms with Crippen molar-refractivity contribution in [2.75, 3.05) is 13.1 Å². The van der Waals surface area contributed by atoms with Gasteiger partial charge in [0.2, 0.25) is 0 Å². The van der Waals surface area contributed by atoms with E-state index in [-0.39, 0.29) is 11.6 Å². The number of carbonyl (C=O) groups is 1. The van der Waals surface area contributed by atoms with Gasteiger partial charge in [0.25, 0.3) is 5.91 Å². The molecule has 0 bridgehead atoms. The summed E-state index contributed by atoms with van der Waals surface area (Å²) in [5, 5.41) is 12.9. The average Bonchev–Trinajstić information content (AvgIpc) is 2.85. The minimum absolute atomic E-state index is 0.223. The van der Waals surface area contributed by atoms with E-state index < -0.39 is 6.10 Å². The highest BCUT2D eigenvalue weighted by Gasteiger charge is 2.31. The maximum atomic E-state index is 11.9. The Morgan fingerprint density at radius 3 is 3.00 bits per heavy atom. The summed E-state index contributed by atoms with van der Waals surface area (Å²) in [6.45, 7) is 0.710. The molecule has 0 radical (unpaired) electrons. The number of amides is 1. The second kappa shape index (κ2) is 4.23. The fourth-order valence-electron chi connectivity index (χ4n) is 1.80. The minimum Gasteiger partial charge on any atom is -0.389 e. The van der Waals surface area contributed by atoms with E-state index in [2.05, 4.69) is 10.1 Å². The second-order valence-electron chi connectivity index (χ2n) is 4.18. The van der Waals surface area contributed by atoms with E-state index in [1.807, 2.05) is 6.07 Å². The van der Waals surface area contributed by atoms with Gasteiger partial charge >= 0.3 is 0 Å². The Morgan fingerprint density at radius 2 is 2.33 bits per heavy atom. The predicted molar refractivity (Wildman–Crippen MR) is 61.6 cm³/mol. The summed E-state index contributed by atoms with van der Waals surface area (Å²) < 4.78 is 5.12. The van der Waals surface area contributed by atoms with Crippen molar-refractivity contribution in [3.63, 3.8) is 0 Å². The Balaban J connectivity index is 1.80. The Hall–Kier alpha value is -2.21. The summed E-state index contributed by atoms with van der Waals surface area (Å²) >= 11 is 0. The number of likely N-dealkylation sites (tertiary alicyclic amines) is 1. The highest BCUT2D eigenvalue weighted by molar-refractivity contribution is 5.93. The third kappa shape index (κ3) is 1.86. The maximum Gasteiger partial charge on any atom is 0.276 e. The SMILES string of the molecule is O=C(c1cc(-c2cccnc2)on1)N1CC(O)C1. The zero-order chi connectivity index (χ0) is 12.5. The van der Waals surface area contributed by atoms with Crippen LogP contribution in [0.5, 0.6) is 0 Å². The molecule has 1 saturated heterocycles. The molecule has 0 aromatic carbocycles. The van der Waals surface area contributed by atoms with E-state index in [1.165, 1.54) is 4.90 Å². The highest BCUT2D eigenvalue weighted by Crippen LogP contribution is 2.20. The maximum absolute atomic E-state index is 11.9. The second-order valence-corrected chi connectivity index (χ2v) is 4.18. The molecular formula is C12H11N3O3. The van der Waals surface area contributed by atoms with Crippen molar-refractivity contribution < 1.29 is 14.4 Å². The van der Waals surface area contributed by atoms with Crippen LogP contribution in [0.1, 0.15) is 10.5 Å². The number of rotatable bonds is 2. The molecule has 18 heavy (non-hydrogen) atoms. The number of nitrogens with zero attached hydrogens (tertiary/aromatic N) is 3. The Kier molecular flexibility index (Phi) is 2.56. The minimum atomic E-state index is -0.418. The first-order valence-corrected chi connectivity index (χ1v) is 5.58. The molecule has 2 aromatic heterocycles. The topological polar surface area (TPSA) is 79.5 Å². The summed E-state index contributed by atoms with van der Waals surface area (Å²) in [6, 6.07) is 5.20. The molecular weight excluding hydrogens is 234 g/mol. The number of hydrogen-bond donors (Lipinski definition) is 1. The molecule has 1 amide bonds. The van der Waals surface area contributed by atoms with Gasteiger partial charge in [-0.3, -0.25) is 9.78 Å². The number of hydrogen-bond acceptors (Lipinski definition) is 5. The number of aliphatic hydroxyl groups excluding tert-OH is 1. The Bertz CT molecular complexity index is 561. The van der Waals surface area contributed by atoms with Crippen LogP contribution in [-0.2, 0) is 0 Å². The van der Waals surface area contributed by atoms with Crippen molar-refractivity contribution >= 4 is 5.91 Å². The molecule has 0 unspecified atom stereocenters. The van der Waals surface area contributed by atoms with Gasteiger partial charge in [0.05, 0.1) is 6.10 Å². The Labute approximate surface area is 103 Å². The van der Waals surface area contributed by atoms with Crippen LogP contribution in [0.3, 0.4) is 0 Å². The fourth-order valence-corrected chi connectivity index (χ4v) is 1.80. The smallest absolute Gasteiger partial charge is 0.276 e. The van der Waals surface area contributed by atoms with Crippen molar-refractivity contribution in [1.29, 1.82) is 0 Å². The van der Waals surface area contributed by atoms with Gasteiger partial charge < -0.3 is 14.5 Å². The standard InChI is InChI=1S/C12H11N3O3/c16-9-6-15(7-9)12(17)10-4-11(18-14-10)8-2-1-3-13-5-8/h1-5,9,16H,6-7H2. The molecule has 6 heteroatoms. The molecule has 0 spiro atoms. The van der Waals surface area contributed by atoms with E-state index in [1.54, 1.807) is 24.5 Å². The van der Waals surface area contributed by atoms with Gasteiger partial charge in [0.15, 0.2) is 11.5 Å². The molecule has 1 aliphatic heterocycles. The molecule has 0 atom stereocenters. The lowest BCUT2D eigenvalue weighted by Crippen LogP contribution is -2.53. The van der Waals surface area contributed by atoms with Crippen LogP contribution in [-0.4, -0.2) is 45.2 Å². The van der Waals surface area contributed by atoms with Crippen molar-refractivity contribution in [3.8, 4) is 11.3 Å². The molecule has 3 heterocycles. The van der Waals surface area contributed by atoms with Crippen molar-refractivity contribution in [2.45, 2.75) is 6.10 Å². The number of pyridine rings is 1. The molecule has 0 saturated carbocycles. The summed E-state index contributed by atoms with van der Waals surface area (Å²) in [7, 11) is 0. The van der Waals surface area contributed by atoms with Gasteiger partial charge in [-0.2, -0.15) is 0 Å².